The van der Waals surface area contributed by atoms with Crippen LogP contribution < -0.4 is 5.32 Å². The molecule has 3 heteroatoms. The zero-order valence-electron chi connectivity index (χ0n) is 12.2. The summed E-state index contributed by atoms with van der Waals surface area (Å²) >= 11 is 0. The van der Waals surface area contributed by atoms with Crippen LogP contribution >= 0.6 is 0 Å². The molecule has 0 aromatic heterocycles. The Morgan fingerprint density at radius 1 is 1.55 bits per heavy atom. The van der Waals surface area contributed by atoms with Crippen LogP contribution in [0.2, 0.25) is 0 Å². The van der Waals surface area contributed by atoms with Gasteiger partial charge >= 0.3 is 5.97 Å². The lowest BCUT2D eigenvalue weighted by Gasteiger charge is -2.19. The van der Waals surface area contributed by atoms with E-state index in [-0.39, 0.29) is 0 Å². The first-order valence-electron chi connectivity index (χ1n) is 7.37. The third kappa shape index (κ3) is 4.12. The molecule has 1 aliphatic carbocycles. The minimum absolute atomic E-state index is 0.536. The highest BCUT2D eigenvalue weighted by Crippen LogP contribution is 2.43. The Hall–Kier alpha value is -1.77. The van der Waals surface area contributed by atoms with Gasteiger partial charge in [0.1, 0.15) is 0 Å². The van der Waals surface area contributed by atoms with Crippen molar-refractivity contribution in [2.45, 2.75) is 39.2 Å². The summed E-state index contributed by atoms with van der Waals surface area (Å²) in [6.07, 6.45) is 6.48. The van der Waals surface area contributed by atoms with Crippen LogP contribution in [0.5, 0.6) is 0 Å². The number of rotatable bonds is 7. The molecular formula is C17H23NO2. The van der Waals surface area contributed by atoms with E-state index in [1.165, 1.54) is 25.3 Å². The van der Waals surface area contributed by atoms with Gasteiger partial charge in [-0.1, -0.05) is 32.4 Å². The molecule has 1 saturated carbocycles. The summed E-state index contributed by atoms with van der Waals surface area (Å²) in [5, 5.41) is 12.3. The molecule has 1 aliphatic rings. The third-order valence-electron chi connectivity index (χ3n) is 3.95. The number of nitrogens with one attached hydrogen (secondary N) is 1. The molecule has 1 aromatic rings. The lowest BCUT2D eigenvalue weighted by molar-refractivity contribution is -0.131. The fourth-order valence-electron chi connectivity index (χ4n) is 2.73. The Bertz CT molecular complexity index is 496. The first kappa shape index (κ1) is 14.6. The topological polar surface area (TPSA) is 49.3 Å². The summed E-state index contributed by atoms with van der Waals surface area (Å²) < 4.78 is 0. The van der Waals surface area contributed by atoms with Crippen molar-refractivity contribution in [3.8, 4) is 0 Å². The number of benzene rings is 1. The van der Waals surface area contributed by atoms with Crippen LogP contribution in [0.25, 0.3) is 6.08 Å². The summed E-state index contributed by atoms with van der Waals surface area (Å²) in [5.41, 5.74) is 1.99. The van der Waals surface area contributed by atoms with Gasteiger partial charge in [-0.2, -0.15) is 0 Å². The van der Waals surface area contributed by atoms with Crippen molar-refractivity contribution >= 4 is 17.7 Å². The van der Waals surface area contributed by atoms with Crippen molar-refractivity contribution < 1.29 is 9.90 Å². The number of aliphatic carboxylic acids is 1. The van der Waals surface area contributed by atoms with Crippen LogP contribution in [0.15, 0.2) is 30.3 Å². The lowest BCUT2D eigenvalue weighted by Crippen LogP contribution is -2.22. The molecule has 0 radical (unpaired) electrons. The Morgan fingerprint density at radius 3 is 2.90 bits per heavy atom. The number of hydrogen-bond acceptors (Lipinski definition) is 2. The molecule has 0 bridgehead atoms. The zero-order valence-corrected chi connectivity index (χ0v) is 12.2. The Kier molecular flexibility index (Phi) is 4.83. The van der Waals surface area contributed by atoms with Gasteiger partial charge in [0.05, 0.1) is 0 Å². The summed E-state index contributed by atoms with van der Waals surface area (Å²) in [6.45, 7) is 4.52. The Morgan fingerprint density at radius 2 is 2.30 bits per heavy atom. The molecule has 0 aliphatic heterocycles. The van der Waals surface area contributed by atoms with Crippen LogP contribution in [-0.4, -0.2) is 17.1 Å². The van der Waals surface area contributed by atoms with Crippen molar-refractivity contribution in [3.63, 3.8) is 0 Å². The first-order chi connectivity index (χ1) is 9.60. The quantitative estimate of drug-likeness (QED) is 0.738. The number of carboxylic acids is 1. The van der Waals surface area contributed by atoms with Gasteiger partial charge in [0.2, 0.25) is 0 Å². The first-order valence-corrected chi connectivity index (χ1v) is 7.37. The molecule has 2 N–H and O–H groups in total. The largest absolute Gasteiger partial charge is 0.478 e. The van der Waals surface area contributed by atoms with E-state index in [1.54, 1.807) is 6.08 Å². The van der Waals surface area contributed by atoms with E-state index in [4.69, 9.17) is 5.11 Å². The Balaban J connectivity index is 2.04. The van der Waals surface area contributed by atoms with E-state index in [1.807, 2.05) is 24.3 Å². The predicted octanol–water partition coefficient (Wildman–Crippen LogP) is 4.02. The highest BCUT2D eigenvalue weighted by molar-refractivity contribution is 5.85. The average Bonchev–Trinajstić information content (AvgIpc) is 3.13. The van der Waals surface area contributed by atoms with Gasteiger partial charge in [-0.15, -0.1) is 0 Å². The van der Waals surface area contributed by atoms with Gasteiger partial charge in [-0.05, 0) is 48.4 Å². The average molecular weight is 273 g/mol. The number of carbonyl (C=O) groups is 1. The van der Waals surface area contributed by atoms with Crippen LogP contribution in [0.4, 0.5) is 5.69 Å². The number of anilines is 1. The second-order valence-corrected chi connectivity index (χ2v) is 5.71. The fourth-order valence-corrected chi connectivity index (χ4v) is 2.73. The minimum atomic E-state index is -0.918. The van der Waals surface area contributed by atoms with Gasteiger partial charge < -0.3 is 10.4 Å². The van der Waals surface area contributed by atoms with Gasteiger partial charge in [0.15, 0.2) is 0 Å². The van der Waals surface area contributed by atoms with E-state index in [0.29, 0.717) is 6.04 Å². The number of carboxylic acid groups (broad SMARTS) is 1. The second kappa shape index (κ2) is 6.60. The van der Waals surface area contributed by atoms with Crippen molar-refractivity contribution in [2.75, 3.05) is 5.32 Å². The fraction of sp³-hybridized carbons (Fsp3) is 0.471. The summed E-state index contributed by atoms with van der Waals surface area (Å²) in [4.78, 5) is 10.6. The maximum Gasteiger partial charge on any atom is 0.328 e. The molecule has 108 valence electrons. The molecule has 2 rings (SSSR count). The molecule has 0 saturated heterocycles. The van der Waals surface area contributed by atoms with Crippen molar-refractivity contribution in [1.82, 2.24) is 0 Å². The third-order valence-corrected chi connectivity index (χ3v) is 3.95. The van der Waals surface area contributed by atoms with E-state index >= 15 is 0 Å². The van der Waals surface area contributed by atoms with Crippen LogP contribution in [-0.2, 0) is 4.79 Å². The van der Waals surface area contributed by atoms with E-state index in [0.717, 1.165) is 23.1 Å². The molecule has 0 spiro atoms. The molecule has 0 amide bonds. The highest BCUT2D eigenvalue weighted by Gasteiger charge is 2.38. The molecule has 20 heavy (non-hydrogen) atoms. The standard InChI is InChI=1S/C17H23NO2/c1-3-5-16(15-10-12(15)2)18-14-7-4-6-13(11-14)8-9-17(19)20/h4,6-9,11-12,15-16,18H,3,5,10H2,1-2H3,(H,19,20)/b9-8+. The highest BCUT2D eigenvalue weighted by atomic mass is 16.4. The zero-order chi connectivity index (χ0) is 14.5. The van der Waals surface area contributed by atoms with Gasteiger partial charge in [-0.3, -0.25) is 0 Å². The predicted molar refractivity (Wildman–Crippen MR) is 82.7 cm³/mol. The van der Waals surface area contributed by atoms with Gasteiger partial charge in [0.25, 0.3) is 0 Å². The van der Waals surface area contributed by atoms with E-state index in [2.05, 4.69) is 19.2 Å². The van der Waals surface area contributed by atoms with Crippen LogP contribution in [0, 0.1) is 11.8 Å². The second-order valence-electron chi connectivity index (χ2n) is 5.71. The molecule has 3 atom stereocenters. The summed E-state index contributed by atoms with van der Waals surface area (Å²) in [5.74, 6) is 0.696. The molecule has 0 heterocycles. The van der Waals surface area contributed by atoms with Crippen LogP contribution in [0.1, 0.15) is 38.7 Å². The van der Waals surface area contributed by atoms with Gasteiger partial charge in [-0.25, -0.2) is 4.79 Å². The molecular weight excluding hydrogens is 250 g/mol. The monoisotopic (exact) mass is 273 g/mol. The lowest BCUT2D eigenvalue weighted by atomic mass is 10.0. The minimum Gasteiger partial charge on any atom is -0.478 e. The van der Waals surface area contributed by atoms with Crippen molar-refractivity contribution in [3.05, 3.63) is 35.9 Å². The van der Waals surface area contributed by atoms with Crippen molar-refractivity contribution in [1.29, 1.82) is 0 Å². The Labute approximate surface area is 120 Å². The maximum absolute atomic E-state index is 10.6. The summed E-state index contributed by atoms with van der Waals surface area (Å²) in [7, 11) is 0. The molecule has 3 unspecified atom stereocenters. The van der Waals surface area contributed by atoms with E-state index in [9.17, 15) is 4.79 Å². The molecule has 3 nitrogen and oxygen atoms in total. The van der Waals surface area contributed by atoms with Crippen molar-refractivity contribution in [2.24, 2.45) is 11.8 Å². The van der Waals surface area contributed by atoms with Gasteiger partial charge in [0, 0.05) is 17.8 Å². The number of hydrogen-bond donors (Lipinski definition) is 2. The van der Waals surface area contributed by atoms with E-state index < -0.39 is 5.97 Å². The molecule has 1 fully saturated rings. The normalized spacial score (nSPS) is 22.7. The summed E-state index contributed by atoms with van der Waals surface area (Å²) in [6, 6.07) is 8.47. The smallest absolute Gasteiger partial charge is 0.328 e. The van der Waals surface area contributed by atoms with Crippen LogP contribution in [0.3, 0.4) is 0 Å². The molecule has 1 aromatic carbocycles. The maximum atomic E-state index is 10.6. The SMILES string of the molecule is CCCC(Nc1cccc(/C=C/C(=O)O)c1)C1CC1C.